The molecule has 1 N–H and O–H groups in total. The van der Waals surface area contributed by atoms with Gasteiger partial charge in [0.15, 0.2) is 5.96 Å². The molecule has 1 fully saturated rings. The average Bonchev–Trinajstić information content (AvgIpc) is 3.27. The van der Waals surface area contributed by atoms with E-state index in [4.69, 9.17) is 4.42 Å². The quantitative estimate of drug-likeness (QED) is 0.391. The summed E-state index contributed by atoms with van der Waals surface area (Å²) in [5, 5.41) is 3.36. The molecule has 0 saturated carbocycles. The summed E-state index contributed by atoms with van der Waals surface area (Å²) in [6, 6.07) is 3.79. The Labute approximate surface area is 165 Å². The van der Waals surface area contributed by atoms with Gasteiger partial charge in [-0.2, -0.15) is 13.2 Å². The zero-order chi connectivity index (χ0) is 20.6. The second kappa shape index (κ2) is 10.5. The summed E-state index contributed by atoms with van der Waals surface area (Å²) < 4.78 is 43.5. The molecule has 1 unspecified atom stereocenters. The second-order valence-electron chi connectivity index (χ2n) is 7.40. The van der Waals surface area contributed by atoms with Gasteiger partial charge in [0.1, 0.15) is 5.76 Å². The predicted octanol–water partition coefficient (Wildman–Crippen LogP) is 3.55. The lowest BCUT2D eigenvalue weighted by molar-refractivity contribution is -0.146. The smallest absolute Gasteiger partial charge is 0.401 e. The lowest BCUT2D eigenvalue weighted by Gasteiger charge is -2.26. The molecule has 0 radical (unpaired) electrons. The van der Waals surface area contributed by atoms with Gasteiger partial charge in [-0.25, -0.2) is 4.99 Å². The van der Waals surface area contributed by atoms with E-state index in [1.54, 1.807) is 13.2 Å². The van der Waals surface area contributed by atoms with Crippen molar-refractivity contribution in [3.8, 4) is 0 Å². The fourth-order valence-corrected chi connectivity index (χ4v) is 3.33. The van der Waals surface area contributed by atoms with Crippen molar-refractivity contribution >= 4 is 5.96 Å². The highest BCUT2D eigenvalue weighted by molar-refractivity contribution is 5.80. The number of hydrogen-bond acceptors (Lipinski definition) is 3. The minimum atomic E-state index is -4.16. The molecule has 0 spiro atoms. The van der Waals surface area contributed by atoms with E-state index in [2.05, 4.69) is 21.8 Å². The molecule has 1 aliphatic rings. The van der Waals surface area contributed by atoms with Crippen molar-refractivity contribution in [1.82, 2.24) is 15.1 Å². The largest absolute Gasteiger partial charge is 0.469 e. The first kappa shape index (κ1) is 22.3. The van der Waals surface area contributed by atoms with Gasteiger partial charge in [0.05, 0.1) is 19.4 Å². The molecule has 5 nitrogen and oxygen atoms in total. The van der Waals surface area contributed by atoms with Gasteiger partial charge in [-0.05, 0) is 37.9 Å². The van der Waals surface area contributed by atoms with Crippen LogP contribution in [0.5, 0.6) is 0 Å². The summed E-state index contributed by atoms with van der Waals surface area (Å²) in [5.41, 5.74) is 0.961. The number of alkyl halides is 3. The van der Waals surface area contributed by atoms with Crippen LogP contribution < -0.4 is 5.32 Å². The number of nitrogens with zero attached hydrogens (tertiary/aromatic N) is 3. The van der Waals surface area contributed by atoms with Crippen LogP contribution in [0.1, 0.15) is 26.0 Å². The highest BCUT2D eigenvalue weighted by atomic mass is 19.4. The monoisotopic (exact) mass is 400 g/mol. The number of guanidine groups is 1. The summed E-state index contributed by atoms with van der Waals surface area (Å²) in [7, 11) is 0. The third-order valence-electron chi connectivity index (χ3n) is 4.69. The van der Waals surface area contributed by atoms with Crippen LogP contribution in [0.3, 0.4) is 0 Å². The Morgan fingerprint density at radius 3 is 2.86 bits per heavy atom. The first-order valence-corrected chi connectivity index (χ1v) is 9.76. The van der Waals surface area contributed by atoms with Crippen LogP contribution in [-0.4, -0.2) is 67.7 Å². The fraction of sp³-hybridized carbons (Fsp3) is 0.650. The Hall–Kier alpha value is -1.96. The van der Waals surface area contributed by atoms with Gasteiger partial charge < -0.3 is 14.6 Å². The Morgan fingerprint density at radius 1 is 1.46 bits per heavy atom. The molecule has 2 rings (SSSR count). The van der Waals surface area contributed by atoms with Crippen molar-refractivity contribution in [3.63, 3.8) is 0 Å². The zero-order valence-electron chi connectivity index (χ0n) is 16.8. The van der Waals surface area contributed by atoms with E-state index in [1.165, 1.54) is 4.90 Å². The number of rotatable bonds is 9. The first-order chi connectivity index (χ1) is 13.3. The number of halogens is 3. The fourth-order valence-electron chi connectivity index (χ4n) is 3.33. The molecule has 2 heterocycles. The molecule has 0 bridgehead atoms. The van der Waals surface area contributed by atoms with Gasteiger partial charge in [-0.1, -0.05) is 19.1 Å². The number of aliphatic imine (C=N–C) groups is 1. The van der Waals surface area contributed by atoms with E-state index in [0.717, 1.165) is 36.7 Å². The third kappa shape index (κ3) is 7.96. The Kier molecular flexibility index (Phi) is 8.41. The molecule has 1 saturated heterocycles. The molecule has 1 aromatic heterocycles. The molecular formula is C20H31F3N4O. The number of likely N-dealkylation sites (tertiary alicyclic amines) is 1. The highest BCUT2D eigenvalue weighted by Crippen LogP contribution is 2.21. The standard InChI is InChI=1S/C20H31F3N4O/c1-4-26(15-20(21,22)23)13-17-8-10-27(14-17)19(25-12-16(2)3)24-9-7-18-6-5-11-28-18/h5-6,11,17H,2,4,7-10,12-15H2,1,3H3,(H,24,25). The van der Waals surface area contributed by atoms with Crippen LogP contribution >= 0.6 is 0 Å². The van der Waals surface area contributed by atoms with Crippen molar-refractivity contribution in [3.05, 3.63) is 36.3 Å². The number of furan rings is 1. The minimum absolute atomic E-state index is 0.198. The van der Waals surface area contributed by atoms with Gasteiger partial charge in [0.25, 0.3) is 0 Å². The maximum absolute atomic E-state index is 12.7. The lowest BCUT2D eigenvalue weighted by atomic mass is 10.1. The van der Waals surface area contributed by atoms with E-state index in [1.807, 2.05) is 19.1 Å². The van der Waals surface area contributed by atoms with Gasteiger partial charge in [-0.15, -0.1) is 0 Å². The average molecular weight is 400 g/mol. The van der Waals surface area contributed by atoms with E-state index < -0.39 is 12.7 Å². The van der Waals surface area contributed by atoms with Gasteiger partial charge >= 0.3 is 6.18 Å². The van der Waals surface area contributed by atoms with E-state index in [0.29, 0.717) is 32.7 Å². The molecule has 1 aromatic rings. The summed E-state index contributed by atoms with van der Waals surface area (Å²) in [6.45, 7) is 10.3. The molecular weight excluding hydrogens is 369 g/mol. The molecule has 158 valence electrons. The van der Waals surface area contributed by atoms with E-state index in [-0.39, 0.29) is 5.92 Å². The molecule has 1 aliphatic heterocycles. The maximum Gasteiger partial charge on any atom is 0.401 e. The van der Waals surface area contributed by atoms with Crippen LogP contribution in [0.2, 0.25) is 0 Å². The van der Waals surface area contributed by atoms with Crippen LogP contribution in [0.25, 0.3) is 0 Å². The van der Waals surface area contributed by atoms with Crippen LogP contribution in [-0.2, 0) is 6.42 Å². The molecule has 8 heteroatoms. The molecule has 1 atom stereocenters. The SMILES string of the molecule is C=C(C)CN=C(NCCc1ccco1)N1CCC(CN(CC)CC(F)(F)F)C1. The normalized spacial score (nSPS) is 18.1. The molecule has 28 heavy (non-hydrogen) atoms. The van der Waals surface area contributed by atoms with Crippen molar-refractivity contribution in [1.29, 1.82) is 0 Å². The van der Waals surface area contributed by atoms with Crippen LogP contribution in [0.4, 0.5) is 13.2 Å². The summed E-state index contributed by atoms with van der Waals surface area (Å²) in [5.74, 6) is 1.89. The summed E-state index contributed by atoms with van der Waals surface area (Å²) in [6.07, 6.45) is -0.904. The van der Waals surface area contributed by atoms with Gasteiger partial charge in [0, 0.05) is 32.6 Å². The van der Waals surface area contributed by atoms with Crippen molar-refractivity contribution in [2.24, 2.45) is 10.9 Å². The Bertz CT molecular complexity index is 628. The highest BCUT2D eigenvalue weighted by Gasteiger charge is 2.33. The second-order valence-corrected chi connectivity index (χ2v) is 7.40. The van der Waals surface area contributed by atoms with Crippen molar-refractivity contribution < 1.29 is 17.6 Å². The lowest BCUT2D eigenvalue weighted by Crippen LogP contribution is -2.42. The zero-order valence-corrected chi connectivity index (χ0v) is 16.8. The maximum atomic E-state index is 12.7. The Morgan fingerprint density at radius 2 is 2.25 bits per heavy atom. The van der Waals surface area contributed by atoms with Crippen LogP contribution in [0.15, 0.2) is 40.0 Å². The predicted molar refractivity (Wildman–Crippen MR) is 105 cm³/mol. The van der Waals surface area contributed by atoms with Crippen molar-refractivity contribution in [2.45, 2.75) is 32.9 Å². The summed E-state index contributed by atoms with van der Waals surface area (Å²) >= 11 is 0. The third-order valence-corrected chi connectivity index (χ3v) is 4.69. The van der Waals surface area contributed by atoms with E-state index in [9.17, 15) is 13.2 Å². The minimum Gasteiger partial charge on any atom is -0.469 e. The summed E-state index contributed by atoms with van der Waals surface area (Å²) in [4.78, 5) is 8.24. The molecule has 0 amide bonds. The topological polar surface area (TPSA) is 44.0 Å². The first-order valence-electron chi connectivity index (χ1n) is 9.76. The Balaban J connectivity index is 1.90. The van der Waals surface area contributed by atoms with Gasteiger partial charge in [0.2, 0.25) is 0 Å². The molecule has 0 aliphatic carbocycles. The number of nitrogens with one attached hydrogen (secondary N) is 1. The van der Waals surface area contributed by atoms with Crippen LogP contribution in [0, 0.1) is 5.92 Å². The number of hydrogen-bond donors (Lipinski definition) is 1. The van der Waals surface area contributed by atoms with E-state index >= 15 is 0 Å². The van der Waals surface area contributed by atoms with Crippen molar-refractivity contribution in [2.75, 3.05) is 45.8 Å². The van der Waals surface area contributed by atoms with Gasteiger partial charge in [-0.3, -0.25) is 4.90 Å². The molecule has 0 aromatic carbocycles.